The summed E-state index contributed by atoms with van der Waals surface area (Å²) in [7, 11) is 0. The highest BCUT2D eigenvalue weighted by atomic mass is 16.5. The normalized spacial score (nSPS) is 11.2. The van der Waals surface area contributed by atoms with Crippen molar-refractivity contribution in [1.82, 2.24) is 9.38 Å². The van der Waals surface area contributed by atoms with Gasteiger partial charge in [0.1, 0.15) is 28.6 Å². The maximum Gasteiger partial charge on any atom is 0.269 e. The predicted molar refractivity (Wildman–Crippen MR) is 100 cm³/mol. The Kier molecular flexibility index (Phi) is 4.73. The van der Waals surface area contributed by atoms with Gasteiger partial charge in [-0.1, -0.05) is 24.3 Å². The molecule has 27 heavy (non-hydrogen) atoms. The van der Waals surface area contributed by atoms with Gasteiger partial charge in [-0.25, -0.2) is 0 Å². The molecule has 0 aliphatic carbocycles. The summed E-state index contributed by atoms with van der Waals surface area (Å²) in [5.41, 5.74) is 6.38. The number of hydrogen-bond acceptors (Lipinski definition) is 5. The molecule has 0 aliphatic rings. The van der Waals surface area contributed by atoms with Crippen LogP contribution >= 0.6 is 0 Å². The Balaban J connectivity index is 2.33. The van der Waals surface area contributed by atoms with E-state index in [1.807, 2.05) is 32.0 Å². The van der Waals surface area contributed by atoms with Gasteiger partial charge in [-0.05, 0) is 43.2 Å². The van der Waals surface area contributed by atoms with Crippen LogP contribution in [-0.4, -0.2) is 15.3 Å². The smallest absolute Gasteiger partial charge is 0.269 e. The van der Waals surface area contributed by atoms with E-state index in [0.29, 0.717) is 11.4 Å². The molecule has 0 spiro atoms. The molecule has 7 heteroatoms. The van der Waals surface area contributed by atoms with Gasteiger partial charge in [0.05, 0.1) is 0 Å². The minimum Gasteiger partial charge on any atom is -0.438 e. The largest absolute Gasteiger partial charge is 0.438 e. The van der Waals surface area contributed by atoms with Gasteiger partial charge in [0.25, 0.3) is 11.5 Å². The van der Waals surface area contributed by atoms with Crippen LogP contribution in [0.25, 0.3) is 11.7 Å². The SMILES string of the molecule is Cc1ccccc1Oc1nc2c(C)cccn2c(=O)c1C=C(C#N)C(N)=O. The first-order valence-corrected chi connectivity index (χ1v) is 8.09. The minimum absolute atomic E-state index is 0.00222. The van der Waals surface area contributed by atoms with Crippen molar-refractivity contribution in [3.05, 3.63) is 75.2 Å². The van der Waals surface area contributed by atoms with Crippen LogP contribution in [0.15, 0.2) is 53.0 Å². The number of hydrogen-bond donors (Lipinski definition) is 1. The lowest BCUT2D eigenvalue weighted by Crippen LogP contribution is -2.20. The summed E-state index contributed by atoms with van der Waals surface area (Å²) in [6.07, 6.45) is 2.67. The second kappa shape index (κ2) is 7.14. The second-order valence-corrected chi connectivity index (χ2v) is 5.92. The molecule has 0 saturated carbocycles. The van der Waals surface area contributed by atoms with Crippen LogP contribution < -0.4 is 16.0 Å². The van der Waals surface area contributed by atoms with Crippen molar-refractivity contribution in [1.29, 1.82) is 5.26 Å². The van der Waals surface area contributed by atoms with Crippen molar-refractivity contribution in [2.24, 2.45) is 5.73 Å². The number of para-hydroxylation sites is 1. The second-order valence-electron chi connectivity index (χ2n) is 5.92. The number of primary amides is 1. The van der Waals surface area contributed by atoms with E-state index in [1.165, 1.54) is 4.40 Å². The summed E-state index contributed by atoms with van der Waals surface area (Å²) in [5.74, 6) is -0.430. The molecule has 1 aromatic carbocycles. The van der Waals surface area contributed by atoms with Gasteiger partial charge in [-0.2, -0.15) is 10.2 Å². The summed E-state index contributed by atoms with van der Waals surface area (Å²) < 4.78 is 7.21. The molecule has 0 aliphatic heterocycles. The third-order valence-corrected chi connectivity index (χ3v) is 4.02. The molecule has 0 bridgehead atoms. The molecular formula is C20H16N4O3. The van der Waals surface area contributed by atoms with Crippen LogP contribution in [0.2, 0.25) is 0 Å². The van der Waals surface area contributed by atoms with E-state index < -0.39 is 11.5 Å². The number of ether oxygens (including phenoxy) is 1. The fourth-order valence-corrected chi connectivity index (χ4v) is 2.57. The molecule has 0 saturated heterocycles. The molecule has 3 aromatic rings. The molecular weight excluding hydrogens is 344 g/mol. The lowest BCUT2D eigenvalue weighted by Gasteiger charge is -2.12. The fourth-order valence-electron chi connectivity index (χ4n) is 2.57. The Morgan fingerprint density at radius 3 is 2.59 bits per heavy atom. The van der Waals surface area contributed by atoms with Crippen molar-refractivity contribution in [3.8, 4) is 17.7 Å². The Labute approximate surface area is 155 Å². The summed E-state index contributed by atoms with van der Waals surface area (Å²) in [6, 6.07) is 12.5. The number of aromatic nitrogens is 2. The van der Waals surface area contributed by atoms with Gasteiger partial charge >= 0.3 is 0 Å². The molecule has 1 amide bonds. The van der Waals surface area contributed by atoms with Gasteiger partial charge in [0, 0.05) is 6.20 Å². The Bertz CT molecular complexity index is 1190. The maximum atomic E-state index is 13.0. The summed E-state index contributed by atoms with van der Waals surface area (Å²) in [5, 5.41) is 9.14. The number of nitriles is 1. The molecule has 0 radical (unpaired) electrons. The summed E-state index contributed by atoms with van der Waals surface area (Å²) in [6.45, 7) is 3.67. The molecule has 0 fully saturated rings. The van der Waals surface area contributed by atoms with Gasteiger partial charge in [0.2, 0.25) is 5.88 Å². The van der Waals surface area contributed by atoms with Crippen LogP contribution in [-0.2, 0) is 4.79 Å². The van der Waals surface area contributed by atoms with Gasteiger partial charge < -0.3 is 10.5 Å². The van der Waals surface area contributed by atoms with Crippen LogP contribution in [0.5, 0.6) is 11.6 Å². The van der Waals surface area contributed by atoms with Crippen molar-refractivity contribution < 1.29 is 9.53 Å². The van der Waals surface area contributed by atoms with E-state index in [0.717, 1.165) is 17.2 Å². The molecule has 0 unspecified atom stereocenters. The number of nitrogens with zero attached hydrogens (tertiary/aromatic N) is 3. The van der Waals surface area contributed by atoms with Crippen molar-refractivity contribution >= 4 is 17.6 Å². The van der Waals surface area contributed by atoms with Gasteiger partial charge in [-0.3, -0.25) is 14.0 Å². The molecule has 7 nitrogen and oxygen atoms in total. The Hall–Kier alpha value is -3.92. The average Bonchev–Trinajstić information content (AvgIpc) is 2.64. The zero-order valence-corrected chi connectivity index (χ0v) is 14.8. The molecule has 134 valence electrons. The first-order chi connectivity index (χ1) is 12.9. The maximum absolute atomic E-state index is 13.0. The Morgan fingerprint density at radius 2 is 1.93 bits per heavy atom. The van der Waals surface area contributed by atoms with Crippen LogP contribution in [0.3, 0.4) is 0 Å². The van der Waals surface area contributed by atoms with E-state index in [1.54, 1.807) is 30.5 Å². The van der Waals surface area contributed by atoms with Crippen LogP contribution in [0.1, 0.15) is 16.7 Å². The van der Waals surface area contributed by atoms with Crippen LogP contribution in [0, 0.1) is 25.2 Å². The number of benzene rings is 1. The minimum atomic E-state index is -0.937. The summed E-state index contributed by atoms with van der Waals surface area (Å²) in [4.78, 5) is 28.9. The molecule has 3 rings (SSSR count). The zero-order valence-electron chi connectivity index (χ0n) is 14.8. The molecule has 2 heterocycles. The lowest BCUT2D eigenvalue weighted by atomic mass is 10.1. The van der Waals surface area contributed by atoms with Gasteiger partial charge in [-0.15, -0.1) is 0 Å². The fraction of sp³-hybridized carbons (Fsp3) is 0.100. The van der Waals surface area contributed by atoms with Crippen molar-refractivity contribution in [3.63, 3.8) is 0 Å². The number of carbonyl (C=O) groups excluding carboxylic acids is 1. The monoisotopic (exact) mass is 360 g/mol. The van der Waals surface area contributed by atoms with E-state index in [-0.39, 0.29) is 17.0 Å². The van der Waals surface area contributed by atoms with E-state index in [2.05, 4.69) is 4.98 Å². The standard InChI is InChI=1S/C20H16N4O3/c1-12-6-3-4-8-16(12)27-19-15(10-14(11-21)17(22)25)20(26)24-9-5-7-13(2)18(24)23-19/h3-10H,1-2H3,(H2,22,25). The molecule has 2 aromatic heterocycles. The van der Waals surface area contributed by atoms with E-state index in [9.17, 15) is 9.59 Å². The summed E-state index contributed by atoms with van der Waals surface area (Å²) >= 11 is 0. The van der Waals surface area contributed by atoms with E-state index >= 15 is 0 Å². The molecule has 2 N–H and O–H groups in total. The highest BCUT2D eigenvalue weighted by Gasteiger charge is 2.17. The van der Waals surface area contributed by atoms with E-state index in [4.69, 9.17) is 15.7 Å². The number of carbonyl (C=O) groups is 1. The zero-order chi connectivity index (χ0) is 19.6. The predicted octanol–water partition coefficient (Wildman–Crippen LogP) is 2.50. The average molecular weight is 360 g/mol. The number of fused-ring (bicyclic) bond motifs is 1. The molecule has 0 atom stereocenters. The number of amides is 1. The first kappa shape index (κ1) is 17.9. The number of nitrogens with two attached hydrogens (primary N) is 1. The van der Waals surface area contributed by atoms with Gasteiger partial charge in [0.15, 0.2) is 0 Å². The number of aryl methyl sites for hydroxylation is 2. The first-order valence-electron chi connectivity index (χ1n) is 8.09. The quantitative estimate of drug-likeness (QED) is 0.568. The van der Waals surface area contributed by atoms with Crippen molar-refractivity contribution in [2.75, 3.05) is 0 Å². The third kappa shape index (κ3) is 3.41. The highest BCUT2D eigenvalue weighted by molar-refractivity contribution is 6.00. The Morgan fingerprint density at radius 1 is 1.22 bits per heavy atom. The number of rotatable bonds is 4. The third-order valence-electron chi connectivity index (χ3n) is 4.02. The highest BCUT2D eigenvalue weighted by Crippen LogP contribution is 2.26. The lowest BCUT2D eigenvalue weighted by molar-refractivity contribution is -0.114. The van der Waals surface area contributed by atoms with Crippen molar-refractivity contribution in [2.45, 2.75) is 13.8 Å². The number of pyridine rings is 1. The topological polar surface area (TPSA) is 110 Å². The van der Waals surface area contributed by atoms with Crippen LogP contribution in [0.4, 0.5) is 0 Å².